The van der Waals surface area contributed by atoms with E-state index in [1.165, 1.54) is 0 Å². The second-order valence-electron chi connectivity index (χ2n) is 3.66. The van der Waals surface area contributed by atoms with Crippen LogP contribution < -0.4 is 10.1 Å². The van der Waals surface area contributed by atoms with E-state index < -0.39 is 0 Å². The van der Waals surface area contributed by atoms with Crippen molar-refractivity contribution in [3.8, 4) is 11.8 Å². The molecule has 1 aromatic rings. The van der Waals surface area contributed by atoms with Gasteiger partial charge in [0.1, 0.15) is 5.75 Å². The second kappa shape index (κ2) is 6.86. The highest BCUT2D eigenvalue weighted by atomic mass is 16.5. The number of hydrogen-bond donors (Lipinski definition) is 1. The van der Waals surface area contributed by atoms with E-state index in [2.05, 4.69) is 24.4 Å². The van der Waals surface area contributed by atoms with Gasteiger partial charge in [-0.3, -0.25) is 0 Å². The normalized spacial score (nSPS) is 11.8. The number of nitrogens with zero attached hydrogens (tertiary/aromatic N) is 1. The summed E-state index contributed by atoms with van der Waals surface area (Å²) < 4.78 is 5.67. The number of benzene rings is 1. The zero-order chi connectivity index (χ0) is 11.8. The van der Waals surface area contributed by atoms with Crippen molar-refractivity contribution in [1.29, 1.82) is 5.26 Å². The summed E-state index contributed by atoms with van der Waals surface area (Å²) in [6.45, 7) is 2.69. The SMILES string of the molecule is CNC(C)c1ccccc1OCCCC#N. The summed E-state index contributed by atoms with van der Waals surface area (Å²) in [7, 11) is 1.93. The molecule has 0 bridgehead atoms. The second-order valence-corrected chi connectivity index (χ2v) is 3.66. The Bertz CT molecular complexity index is 357. The van der Waals surface area contributed by atoms with Gasteiger partial charge in [0.2, 0.25) is 0 Å². The molecule has 0 heterocycles. The molecule has 1 unspecified atom stereocenters. The molecule has 0 saturated carbocycles. The molecule has 0 aliphatic rings. The minimum absolute atomic E-state index is 0.271. The van der Waals surface area contributed by atoms with Gasteiger partial charge in [-0.1, -0.05) is 18.2 Å². The molecule has 0 fully saturated rings. The maximum absolute atomic E-state index is 8.43. The Morgan fingerprint density at radius 2 is 2.19 bits per heavy atom. The molecule has 0 aliphatic carbocycles. The fourth-order valence-electron chi connectivity index (χ4n) is 1.46. The highest BCUT2D eigenvalue weighted by Crippen LogP contribution is 2.24. The van der Waals surface area contributed by atoms with Crippen LogP contribution in [0.1, 0.15) is 31.4 Å². The molecule has 16 heavy (non-hydrogen) atoms. The molecule has 0 saturated heterocycles. The summed E-state index contributed by atoms with van der Waals surface area (Å²) in [5.74, 6) is 0.905. The van der Waals surface area contributed by atoms with E-state index in [1.54, 1.807) is 0 Å². The molecular weight excluding hydrogens is 200 g/mol. The third kappa shape index (κ3) is 3.56. The van der Waals surface area contributed by atoms with Crippen LogP contribution in [0, 0.1) is 11.3 Å². The Morgan fingerprint density at radius 1 is 1.44 bits per heavy atom. The minimum Gasteiger partial charge on any atom is -0.493 e. The number of para-hydroxylation sites is 1. The van der Waals surface area contributed by atoms with Gasteiger partial charge in [-0.15, -0.1) is 0 Å². The van der Waals surface area contributed by atoms with Crippen molar-refractivity contribution in [2.75, 3.05) is 13.7 Å². The van der Waals surface area contributed by atoms with Crippen LogP contribution >= 0.6 is 0 Å². The third-order valence-electron chi connectivity index (χ3n) is 2.51. The number of nitrogens with one attached hydrogen (secondary N) is 1. The third-order valence-corrected chi connectivity index (χ3v) is 2.51. The molecule has 1 rings (SSSR count). The fraction of sp³-hybridized carbons (Fsp3) is 0.462. The number of rotatable bonds is 6. The lowest BCUT2D eigenvalue weighted by molar-refractivity contribution is 0.307. The van der Waals surface area contributed by atoms with Crippen LogP contribution in [-0.4, -0.2) is 13.7 Å². The molecule has 0 amide bonds. The topological polar surface area (TPSA) is 45.0 Å². The Hall–Kier alpha value is -1.53. The maximum Gasteiger partial charge on any atom is 0.124 e. The average Bonchev–Trinajstić information content (AvgIpc) is 2.34. The standard InChI is InChI=1S/C13H18N2O/c1-11(15-2)12-7-3-4-8-13(12)16-10-6-5-9-14/h3-4,7-8,11,15H,5-6,10H2,1-2H3. The van der Waals surface area contributed by atoms with E-state index in [1.807, 2.05) is 25.2 Å². The van der Waals surface area contributed by atoms with Gasteiger partial charge in [-0.05, 0) is 26.5 Å². The van der Waals surface area contributed by atoms with Crippen LogP contribution in [0.15, 0.2) is 24.3 Å². The van der Waals surface area contributed by atoms with Crippen molar-refractivity contribution in [2.24, 2.45) is 0 Å². The molecule has 3 heteroatoms. The Kier molecular flexibility index (Phi) is 5.38. The van der Waals surface area contributed by atoms with Crippen LogP contribution in [-0.2, 0) is 0 Å². The van der Waals surface area contributed by atoms with E-state index in [4.69, 9.17) is 10.00 Å². The van der Waals surface area contributed by atoms with Crippen LogP contribution in [0.2, 0.25) is 0 Å². The van der Waals surface area contributed by atoms with Crippen LogP contribution in [0.4, 0.5) is 0 Å². The summed E-state index contributed by atoms with van der Waals surface area (Å²) in [4.78, 5) is 0. The Morgan fingerprint density at radius 3 is 2.88 bits per heavy atom. The van der Waals surface area contributed by atoms with E-state index in [-0.39, 0.29) is 6.04 Å². The van der Waals surface area contributed by atoms with Crippen molar-refractivity contribution >= 4 is 0 Å². The molecule has 1 aromatic carbocycles. The summed E-state index contributed by atoms with van der Waals surface area (Å²) in [5.41, 5.74) is 1.15. The zero-order valence-electron chi connectivity index (χ0n) is 9.86. The van der Waals surface area contributed by atoms with Gasteiger partial charge in [0.25, 0.3) is 0 Å². The molecular formula is C13H18N2O. The molecule has 1 N–H and O–H groups in total. The monoisotopic (exact) mass is 218 g/mol. The number of unbranched alkanes of at least 4 members (excludes halogenated alkanes) is 1. The molecule has 0 aromatic heterocycles. The largest absolute Gasteiger partial charge is 0.493 e. The number of nitriles is 1. The van der Waals surface area contributed by atoms with Gasteiger partial charge in [-0.2, -0.15) is 5.26 Å². The average molecular weight is 218 g/mol. The first-order chi connectivity index (χ1) is 7.79. The first-order valence-electron chi connectivity index (χ1n) is 5.55. The predicted octanol–water partition coefficient (Wildman–Crippen LogP) is 2.65. The van der Waals surface area contributed by atoms with Gasteiger partial charge in [-0.25, -0.2) is 0 Å². The highest BCUT2D eigenvalue weighted by molar-refractivity contribution is 5.35. The minimum atomic E-state index is 0.271. The van der Waals surface area contributed by atoms with Crippen molar-refractivity contribution in [3.63, 3.8) is 0 Å². The summed E-state index contributed by atoms with van der Waals surface area (Å²) in [6.07, 6.45) is 1.32. The summed E-state index contributed by atoms with van der Waals surface area (Å²) >= 11 is 0. The first kappa shape index (κ1) is 12.5. The lowest BCUT2D eigenvalue weighted by Crippen LogP contribution is -2.13. The summed E-state index contributed by atoms with van der Waals surface area (Å²) in [6, 6.07) is 10.4. The fourth-order valence-corrected chi connectivity index (χ4v) is 1.46. The van der Waals surface area contributed by atoms with Gasteiger partial charge >= 0.3 is 0 Å². The molecule has 3 nitrogen and oxygen atoms in total. The lowest BCUT2D eigenvalue weighted by atomic mass is 10.1. The van der Waals surface area contributed by atoms with Crippen LogP contribution in [0.25, 0.3) is 0 Å². The van der Waals surface area contributed by atoms with Crippen molar-refractivity contribution in [2.45, 2.75) is 25.8 Å². The predicted molar refractivity (Wildman–Crippen MR) is 64.3 cm³/mol. The van der Waals surface area contributed by atoms with Gasteiger partial charge in [0.05, 0.1) is 12.7 Å². The van der Waals surface area contributed by atoms with E-state index >= 15 is 0 Å². The molecule has 0 radical (unpaired) electrons. The van der Waals surface area contributed by atoms with Gasteiger partial charge in [0, 0.05) is 18.0 Å². The van der Waals surface area contributed by atoms with Crippen LogP contribution in [0.5, 0.6) is 5.75 Å². The van der Waals surface area contributed by atoms with E-state index in [9.17, 15) is 0 Å². The van der Waals surface area contributed by atoms with Crippen molar-refractivity contribution in [1.82, 2.24) is 5.32 Å². The number of ether oxygens (including phenoxy) is 1. The lowest BCUT2D eigenvalue weighted by Gasteiger charge is -2.16. The molecule has 86 valence electrons. The first-order valence-corrected chi connectivity index (χ1v) is 5.55. The molecule has 0 aliphatic heterocycles. The van der Waals surface area contributed by atoms with E-state index in [0.29, 0.717) is 13.0 Å². The Labute approximate surface area is 97.0 Å². The van der Waals surface area contributed by atoms with Crippen molar-refractivity contribution in [3.05, 3.63) is 29.8 Å². The number of hydrogen-bond acceptors (Lipinski definition) is 3. The smallest absolute Gasteiger partial charge is 0.124 e. The molecule has 1 atom stereocenters. The molecule has 0 spiro atoms. The van der Waals surface area contributed by atoms with E-state index in [0.717, 1.165) is 17.7 Å². The maximum atomic E-state index is 8.43. The highest BCUT2D eigenvalue weighted by Gasteiger charge is 2.08. The quantitative estimate of drug-likeness (QED) is 0.746. The van der Waals surface area contributed by atoms with Gasteiger partial charge in [0.15, 0.2) is 0 Å². The summed E-state index contributed by atoms with van der Waals surface area (Å²) in [5, 5.41) is 11.6. The van der Waals surface area contributed by atoms with Crippen LogP contribution in [0.3, 0.4) is 0 Å². The Balaban J connectivity index is 2.61. The zero-order valence-corrected chi connectivity index (χ0v) is 9.86. The van der Waals surface area contributed by atoms with Gasteiger partial charge < -0.3 is 10.1 Å². The van der Waals surface area contributed by atoms with Crippen molar-refractivity contribution < 1.29 is 4.74 Å².